The Bertz CT molecular complexity index is 217. The van der Waals surface area contributed by atoms with Gasteiger partial charge in [0.05, 0.1) is 12.6 Å². The van der Waals surface area contributed by atoms with Crippen LogP contribution in [-0.2, 0) is 0 Å². The summed E-state index contributed by atoms with van der Waals surface area (Å²) >= 11 is 0. The molecule has 1 fully saturated rings. The molecule has 4 nitrogen and oxygen atoms in total. The van der Waals surface area contributed by atoms with Gasteiger partial charge in [-0.25, -0.2) is 13.6 Å². The number of carboxylic acid groups (broad SMARTS) is 1. The van der Waals surface area contributed by atoms with Crippen LogP contribution in [0.5, 0.6) is 0 Å². The van der Waals surface area contributed by atoms with Crippen molar-refractivity contribution in [3.05, 3.63) is 0 Å². The van der Waals surface area contributed by atoms with Crippen molar-refractivity contribution in [3.8, 4) is 0 Å². The zero-order valence-corrected chi connectivity index (χ0v) is 8.20. The fourth-order valence-electron chi connectivity index (χ4n) is 1.98. The van der Waals surface area contributed by atoms with Crippen LogP contribution in [0.2, 0.25) is 0 Å². The highest BCUT2D eigenvalue weighted by atomic mass is 19.2. The molecular formula is C9H15F2NO3. The second-order valence-corrected chi connectivity index (χ2v) is 3.93. The Morgan fingerprint density at radius 3 is 2.33 bits per heavy atom. The molecule has 1 amide bonds. The molecule has 0 aromatic rings. The Morgan fingerprint density at radius 1 is 1.40 bits per heavy atom. The van der Waals surface area contributed by atoms with Crippen molar-refractivity contribution >= 4 is 6.09 Å². The average molecular weight is 223 g/mol. The topological polar surface area (TPSA) is 69.6 Å². The van der Waals surface area contributed by atoms with E-state index in [1.807, 2.05) is 0 Å². The Labute approximate surface area is 86.3 Å². The van der Waals surface area contributed by atoms with Crippen LogP contribution in [0.1, 0.15) is 19.3 Å². The maximum absolute atomic E-state index is 12.8. The fraction of sp³-hybridized carbons (Fsp3) is 0.889. The van der Waals surface area contributed by atoms with E-state index in [-0.39, 0.29) is 31.8 Å². The molecule has 6 heteroatoms. The highest BCUT2D eigenvalue weighted by Gasteiger charge is 2.35. The molecule has 4 atom stereocenters. The molecular weight excluding hydrogens is 208 g/mol. The minimum absolute atomic E-state index is 0.110. The third kappa shape index (κ3) is 3.62. The van der Waals surface area contributed by atoms with Crippen LogP contribution in [0.25, 0.3) is 0 Å². The third-order valence-electron chi connectivity index (χ3n) is 2.68. The molecule has 0 bridgehead atoms. The van der Waals surface area contributed by atoms with E-state index < -0.39 is 24.5 Å². The van der Waals surface area contributed by atoms with Crippen LogP contribution in [0.4, 0.5) is 13.6 Å². The lowest BCUT2D eigenvalue weighted by molar-refractivity contribution is 0.170. The molecule has 1 saturated carbocycles. The second-order valence-electron chi connectivity index (χ2n) is 3.93. The molecule has 15 heavy (non-hydrogen) atoms. The summed E-state index contributed by atoms with van der Waals surface area (Å²) < 4.78 is 25.6. The molecule has 0 aromatic carbocycles. The first-order valence-corrected chi connectivity index (χ1v) is 4.91. The predicted octanol–water partition coefficient (Wildman–Crippen LogP) is 1.09. The first kappa shape index (κ1) is 12.2. The summed E-state index contributed by atoms with van der Waals surface area (Å²) in [4.78, 5) is 10.3. The first-order valence-electron chi connectivity index (χ1n) is 4.91. The summed E-state index contributed by atoms with van der Waals surface area (Å²) in [6.45, 7) is -0.350. The number of hydrogen-bond acceptors (Lipinski definition) is 2. The summed E-state index contributed by atoms with van der Waals surface area (Å²) in [5.74, 6) is -0.195. The highest BCUT2D eigenvalue weighted by molar-refractivity contribution is 5.64. The van der Waals surface area contributed by atoms with Gasteiger partial charge in [0.1, 0.15) is 12.3 Å². The van der Waals surface area contributed by atoms with Gasteiger partial charge >= 0.3 is 6.09 Å². The van der Waals surface area contributed by atoms with Gasteiger partial charge in [0.15, 0.2) is 0 Å². The first-order chi connectivity index (χ1) is 7.02. The van der Waals surface area contributed by atoms with Crippen LogP contribution in [0, 0.1) is 5.92 Å². The zero-order chi connectivity index (χ0) is 11.4. The van der Waals surface area contributed by atoms with E-state index in [0.29, 0.717) is 0 Å². The summed E-state index contributed by atoms with van der Waals surface area (Å²) in [6.07, 6.45) is -3.62. The van der Waals surface area contributed by atoms with Crippen LogP contribution >= 0.6 is 0 Å². The molecule has 1 aliphatic carbocycles. The van der Waals surface area contributed by atoms with Crippen LogP contribution in [0.15, 0.2) is 0 Å². The van der Waals surface area contributed by atoms with Gasteiger partial charge in [-0.05, 0) is 25.2 Å². The van der Waals surface area contributed by atoms with Crippen molar-refractivity contribution in [1.82, 2.24) is 5.32 Å². The molecule has 0 spiro atoms. The maximum atomic E-state index is 12.8. The van der Waals surface area contributed by atoms with Gasteiger partial charge in [-0.1, -0.05) is 0 Å². The van der Waals surface area contributed by atoms with Crippen molar-refractivity contribution in [3.63, 3.8) is 0 Å². The maximum Gasteiger partial charge on any atom is 0.404 e. The summed E-state index contributed by atoms with van der Waals surface area (Å²) in [6, 6.07) is -0.634. The Hall–Kier alpha value is -0.910. The Morgan fingerprint density at radius 2 is 1.93 bits per heavy atom. The molecule has 88 valence electrons. The Kier molecular flexibility index (Phi) is 4.26. The van der Waals surface area contributed by atoms with Crippen molar-refractivity contribution < 1.29 is 23.8 Å². The molecule has 1 unspecified atom stereocenters. The van der Waals surface area contributed by atoms with Gasteiger partial charge in [-0.3, -0.25) is 0 Å². The van der Waals surface area contributed by atoms with E-state index in [0.717, 1.165) is 0 Å². The van der Waals surface area contributed by atoms with E-state index in [2.05, 4.69) is 5.32 Å². The highest BCUT2D eigenvalue weighted by Crippen LogP contribution is 2.33. The van der Waals surface area contributed by atoms with Crippen LogP contribution in [0.3, 0.4) is 0 Å². The van der Waals surface area contributed by atoms with E-state index in [1.54, 1.807) is 0 Å². The molecule has 3 N–H and O–H groups in total. The number of rotatable bonds is 4. The van der Waals surface area contributed by atoms with Crippen molar-refractivity contribution in [1.29, 1.82) is 0 Å². The monoisotopic (exact) mass is 223 g/mol. The van der Waals surface area contributed by atoms with E-state index in [1.165, 1.54) is 0 Å². The Balaban J connectivity index is 2.36. The van der Waals surface area contributed by atoms with Crippen molar-refractivity contribution in [2.45, 2.75) is 37.6 Å². The zero-order valence-electron chi connectivity index (χ0n) is 8.20. The van der Waals surface area contributed by atoms with Gasteiger partial charge < -0.3 is 15.5 Å². The summed E-state index contributed by atoms with van der Waals surface area (Å²) in [5.41, 5.74) is 0. The molecule has 1 aliphatic rings. The number of hydrogen-bond donors (Lipinski definition) is 3. The molecule has 0 radical (unpaired) electrons. The number of carbonyl (C=O) groups is 1. The molecule has 0 heterocycles. The number of aliphatic hydroxyl groups is 1. The lowest BCUT2D eigenvalue weighted by Gasteiger charge is -2.17. The fourth-order valence-corrected chi connectivity index (χ4v) is 1.98. The second kappa shape index (κ2) is 5.25. The van der Waals surface area contributed by atoms with Gasteiger partial charge in [-0.15, -0.1) is 0 Å². The normalized spacial score (nSPS) is 32.6. The summed E-state index contributed by atoms with van der Waals surface area (Å²) in [7, 11) is 0. The summed E-state index contributed by atoms with van der Waals surface area (Å²) in [5, 5.41) is 19.4. The number of amides is 1. The minimum Gasteiger partial charge on any atom is -0.465 e. The van der Waals surface area contributed by atoms with Gasteiger partial charge in [0, 0.05) is 0 Å². The molecule has 0 aromatic heterocycles. The number of aliphatic hydroxyl groups excluding tert-OH is 1. The number of nitrogens with one attached hydrogen (secondary N) is 1. The average Bonchev–Trinajstić information content (AvgIpc) is 2.44. The van der Waals surface area contributed by atoms with Gasteiger partial charge in [0.2, 0.25) is 0 Å². The van der Waals surface area contributed by atoms with Gasteiger partial charge in [0.25, 0.3) is 0 Å². The van der Waals surface area contributed by atoms with Crippen molar-refractivity contribution in [2.75, 3.05) is 6.61 Å². The molecule has 0 aliphatic heterocycles. The van der Waals surface area contributed by atoms with Gasteiger partial charge in [-0.2, -0.15) is 0 Å². The number of alkyl halides is 2. The van der Waals surface area contributed by atoms with Crippen LogP contribution in [-0.4, -0.2) is 41.3 Å². The lowest BCUT2D eigenvalue weighted by Crippen LogP contribution is -2.37. The predicted molar refractivity (Wildman–Crippen MR) is 49.2 cm³/mol. The quantitative estimate of drug-likeness (QED) is 0.668. The lowest BCUT2D eigenvalue weighted by atomic mass is 9.99. The standard InChI is InChI=1S/C9H15F2NO3/c10-7-2-5(3-8(7)11)1-6(4-13)12-9(14)15/h5-8,12-13H,1-4H2,(H,14,15)/t5?,6-,7-,8+/m0/s1. The molecule has 1 rings (SSSR count). The molecule has 0 saturated heterocycles. The van der Waals surface area contributed by atoms with E-state index in [4.69, 9.17) is 10.2 Å². The van der Waals surface area contributed by atoms with E-state index >= 15 is 0 Å². The number of halogens is 2. The smallest absolute Gasteiger partial charge is 0.404 e. The van der Waals surface area contributed by atoms with E-state index in [9.17, 15) is 13.6 Å². The largest absolute Gasteiger partial charge is 0.465 e. The third-order valence-corrected chi connectivity index (χ3v) is 2.68. The minimum atomic E-state index is -1.45. The van der Waals surface area contributed by atoms with Crippen molar-refractivity contribution in [2.24, 2.45) is 5.92 Å². The van der Waals surface area contributed by atoms with Crippen LogP contribution < -0.4 is 5.32 Å². The SMILES string of the molecule is O=C(O)N[C@H](CO)CC1C[C@@H](F)[C@@H](F)C1.